The smallest absolute Gasteiger partial charge is 0.153 e. The summed E-state index contributed by atoms with van der Waals surface area (Å²) in [5.41, 5.74) is 9.38. The summed E-state index contributed by atoms with van der Waals surface area (Å²) in [6.45, 7) is 0. The van der Waals surface area contributed by atoms with E-state index in [-0.39, 0.29) is 0 Å². The number of hydrogen-bond acceptors (Lipinski definition) is 4. The number of anilines is 1. The number of aromatic amines is 1. The molecule has 0 aromatic carbocycles. The molecule has 6 nitrogen and oxygen atoms in total. The number of hydrogen-bond donors (Lipinski definition) is 2. The quantitative estimate of drug-likeness (QED) is 0.710. The van der Waals surface area contributed by atoms with Gasteiger partial charge in [-0.3, -0.25) is 14.8 Å². The molecular formula is C12H12N6. The van der Waals surface area contributed by atoms with E-state index in [2.05, 4.69) is 20.3 Å². The minimum atomic E-state index is 0.460. The van der Waals surface area contributed by atoms with Crippen molar-refractivity contribution in [3.05, 3.63) is 36.8 Å². The molecule has 0 aliphatic carbocycles. The molecule has 0 saturated carbocycles. The maximum absolute atomic E-state index is 5.92. The van der Waals surface area contributed by atoms with E-state index in [1.807, 2.05) is 31.4 Å². The molecule has 0 atom stereocenters. The molecule has 0 bridgehead atoms. The van der Waals surface area contributed by atoms with Crippen LogP contribution in [0.15, 0.2) is 36.8 Å². The van der Waals surface area contributed by atoms with Crippen LogP contribution in [0.1, 0.15) is 0 Å². The second-order valence-corrected chi connectivity index (χ2v) is 3.97. The first-order valence-electron chi connectivity index (χ1n) is 5.50. The van der Waals surface area contributed by atoms with Crippen LogP contribution in [-0.4, -0.2) is 25.0 Å². The lowest BCUT2D eigenvalue weighted by Gasteiger charge is -2.01. The van der Waals surface area contributed by atoms with Crippen LogP contribution < -0.4 is 5.73 Å². The van der Waals surface area contributed by atoms with Crippen LogP contribution in [-0.2, 0) is 7.05 Å². The van der Waals surface area contributed by atoms with E-state index in [0.29, 0.717) is 5.82 Å². The molecule has 6 heteroatoms. The van der Waals surface area contributed by atoms with Gasteiger partial charge in [0.25, 0.3) is 0 Å². The van der Waals surface area contributed by atoms with Crippen LogP contribution in [0, 0.1) is 0 Å². The van der Waals surface area contributed by atoms with Crippen LogP contribution in [0.5, 0.6) is 0 Å². The summed E-state index contributed by atoms with van der Waals surface area (Å²) in [6.07, 6.45) is 5.33. The van der Waals surface area contributed by atoms with Gasteiger partial charge < -0.3 is 5.73 Å². The predicted molar refractivity (Wildman–Crippen MR) is 68.4 cm³/mol. The Balaban J connectivity index is 2.18. The molecule has 3 aromatic heterocycles. The average molecular weight is 240 g/mol. The summed E-state index contributed by atoms with van der Waals surface area (Å²) in [6, 6.07) is 5.71. The van der Waals surface area contributed by atoms with E-state index in [9.17, 15) is 0 Å². The molecule has 0 amide bonds. The summed E-state index contributed by atoms with van der Waals surface area (Å²) >= 11 is 0. The van der Waals surface area contributed by atoms with Gasteiger partial charge in [0.05, 0.1) is 11.3 Å². The first-order chi connectivity index (χ1) is 8.75. The predicted octanol–water partition coefficient (Wildman–Crippen LogP) is 1.45. The third kappa shape index (κ3) is 1.64. The van der Waals surface area contributed by atoms with Gasteiger partial charge in [-0.1, -0.05) is 0 Å². The lowest BCUT2D eigenvalue weighted by Crippen LogP contribution is -1.91. The minimum Gasteiger partial charge on any atom is -0.382 e. The van der Waals surface area contributed by atoms with E-state index < -0.39 is 0 Å². The Morgan fingerprint density at radius 2 is 2.00 bits per heavy atom. The second kappa shape index (κ2) is 3.99. The van der Waals surface area contributed by atoms with E-state index in [1.54, 1.807) is 17.1 Å². The van der Waals surface area contributed by atoms with E-state index in [0.717, 1.165) is 22.5 Å². The van der Waals surface area contributed by atoms with Gasteiger partial charge in [0, 0.05) is 25.6 Å². The fourth-order valence-corrected chi connectivity index (χ4v) is 1.90. The monoisotopic (exact) mass is 240 g/mol. The maximum atomic E-state index is 5.92. The number of pyridine rings is 1. The fourth-order valence-electron chi connectivity index (χ4n) is 1.90. The van der Waals surface area contributed by atoms with E-state index in [4.69, 9.17) is 5.73 Å². The summed E-state index contributed by atoms with van der Waals surface area (Å²) in [4.78, 5) is 4.00. The maximum Gasteiger partial charge on any atom is 0.153 e. The zero-order valence-corrected chi connectivity index (χ0v) is 9.83. The number of nitrogens with one attached hydrogen (secondary N) is 1. The minimum absolute atomic E-state index is 0.460. The SMILES string of the molecule is Cn1ccc(-c2[nH]nc(N)c2-c2ccncc2)n1. The zero-order valence-electron chi connectivity index (χ0n) is 9.83. The highest BCUT2D eigenvalue weighted by Crippen LogP contribution is 2.33. The van der Waals surface area contributed by atoms with Crippen molar-refractivity contribution < 1.29 is 0 Å². The van der Waals surface area contributed by atoms with Gasteiger partial charge in [-0.05, 0) is 23.8 Å². The molecule has 3 rings (SSSR count). The van der Waals surface area contributed by atoms with Gasteiger partial charge in [0.15, 0.2) is 5.82 Å². The molecule has 18 heavy (non-hydrogen) atoms. The molecule has 3 N–H and O–H groups in total. The van der Waals surface area contributed by atoms with Crippen LogP contribution in [0.2, 0.25) is 0 Å². The molecule has 90 valence electrons. The molecular weight excluding hydrogens is 228 g/mol. The Morgan fingerprint density at radius 1 is 1.22 bits per heavy atom. The Morgan fingerprint density at radius 3 is 2.67 bits per heavy atom. The van der Waals surface area contributed by atoms with Crippen LogP contribution in [0.25, 0.3) is 22.5 Å². The van der Waals surface area contributed by atoms with Crippen molar-refractivity contribution in [3.63, 3.8) is 0 Å². The van der Waals surface area contributed by atoms with Crippen molar-refractivity contribution in [2.75, 3.05) is 5.73 Å². The Labute approximate surface area is 103 Å². The number of nitrogens with two attached hydrogens (primary N) is 1. The highest BCUT2D eigenvalue weighted by Gasteiger charge is 2.16. The highest BCUT2D eigenvalue weighted by molar-refractivity contribution is 5.86. The summed E-state index contributed by atoms with van der Waals surface area (Å²) < 4.78 is 1.74. The molecule has 0 radical (unpaired) electrons. The van der Waals surface area contributed by atoms with Crippen molar-refractivity contribution in [2.45, 2.75) is 0 Å². The van der Waals surface area contributed by atoms with Gasteiger partial charge >= 0.3 is 0 Å². The van der Waals surface area contributed by atoms with Gasteiger partial charge in [0.2, 0.25) is 0 Å². The molecule has 0 saturated heterocycles. The van der Waals surface area contributed by atoms with E-state index >= 15 is 0 Å². The average Bonchev–Trinajstić information content (AvgIpc) is 2.96. The zero-order chi connectivity index (χ0) is 12.5. The summed E-state index contributed by atoms with van der Waals surface area (Å²) in [5.74, 6) is 0.460. The highest BCUT2D eigenvalue weighted by atomic mass is 15.3. The van der Waals surface area contributed by atoms with Crippen molar-refractivity contribution in [3.8, 4) is 22.5 Å². The standard InChI is InChI=1S/C12H12N6/c1-18-7-4-9(17-18)11-10(12(13)16-15-11)8-2-5-14-6-3-8/h2-7H,1H3,(H3,13,15,16). The first-order valence-corrected chi connectivity index (χ1v) is 5.50. The second-order valence-electron chi connectivity index (χ2n) is 3.97. The first kappa shape index (κ1) is 10.5. The number of nitrogen functional groups attached to an aromatic ring is 1. The summed E-state index contributed by atoms with van der Waals surface area (Å²) in [5, 5.41) is 11.3. The van der Waals surface area contributed by atoms with Crippen LogP contribution in [0.3, 0.4) is 0 Å². The Hall–Kier alpha value is -2.63. The third-order valence-electron chi connectivity index (χ3n) is 2.73. The van der Waals surface area contributed by atoms with Crippen LogP contribution >= 0.6 is 0 Å². The van der Waals surface area contributed by atoms with Crippen LogP contribution in [0.4, 0.5) is 5.82 Å². The van der Waals surface area contributed by atoms with Gasteiger partial charge in [-0.2, -0.15) is 10.2 Å². The van der Waals surface area contributed by atoms with Gasteiger partial charge in [0.1, 0.15) is 5.69 Å². The molecule has 0 unspecified atom stereocenters. The van der Waals surface area contributed by atoms with Crippen molar-refractivity contribution in [1.29, 1.82) is 0 Å². The van der Waals surface area contributed by atoms with Crippen molar-refractivity contribution in [1.82, 2.24) is 25.0 Å². The molecule has 3 heterocycles. The number of rotatable bonds is 2. The number of aryl methyl sites for hydroxylation is 1. The fraction of sp³-hybridized carbons (Fsp3) is 0.0833. The molecule has 0 fully saturated rings. The van der Waals surface area contributed by atoms with Crippen molar-refractivity contribution in [2.24, 2.45) is 7.05 Å². The number of H-pyrrole nitrogens is 1. The third-order valence-corrected chi connectivity index (χ3v) is 2.73. The lowest BCUT2D eigenvalue weighted by atomic mass is 10.1. The molecule has 3 aromatic rings. The number of nitrogens with zero attached hydrogens (tertiary/aromatic N) is 4. The topological polar surface area (TPSA) is 85.4 Å². The van der Waals surface area contributed by atoms with E-state index in [1.165, 1.54) is 0 Å². The molecule has 0 spiro atoms. The van der Waals surface area contributed by atoms with Crippen molar-refractivity contribution >= 4 is 5.82 Å². The number of aromatic nitrogens is 5. The van der Waals surface area contributed by atoms with Gasteiger partial charge in [-0.25, -0.2) is 0 Å². The summed E-state index contributed by atoms with van der Waals surface area (Å²) in [7, 11) is 1.87. The Kier molecular flexibility index (Phi) is 2.33. The van der Waals surface area contributed by atoms with Gasteiger partial charge in [-0.15, -0.1) is 0 Å². The molecule has 0 aliphatic heterocycles. The lowest BCUT2D eigenvalue weighted by molar-refractivity contribution is 0.770. The largest absolute Gasteiger partial charge is 0.382 e. The normalized spacial score (nSPS) is 10.7. The molecule has 0 aliphatic rings. The Bertz CT molecular complexity index is 667.